The number of hydrogen-bond donors (Lipinski definition) is 1. The van der Waals surface area contributed by atoms with Crippen molar-refractivity contribution >= 4 is 5.91 Å². The van der Waals surface area contributed by atoms with E-state index in [9.17, 15) is 4.79 Å². The highest BCUT2D eigenvalue weighted by Gasteiger charge is 2.50. The van der Waals surface area contributed by atoms with Crippen LogP contribution in [0.3, 0.4) is 0 Å². The Morgan fingerprint density at radius 2 is 2.15 bits per heavy atom. The van der Waals surface area contributed by atoms with Crippen LogP contribution in [0.2, 0.25) is 0 Å². The maximum atomic E-state index is 12.2. The number of hydrogen-bond acceptors (Lipinski definition) is 5. The lowest BCUT2D eigenvalue weighted by Crippen LogP contribution is -2.72. The van der Waals surface area contributed by atoms with Gasteiger partial charge in [-0.25, -0.2) is 0 Å². The number of likely N-dealkylation sites (tertiary alicyclic amines) is 1. The van der Waals surface area contributed by atoms with Crippen LogP contribution in [0.5, 0.6) is 5.75 Å². The first-order chi connectivity index (χ1) is 12.6. The second-order valence-electron chi connectivity index (χ2n) is 7.99. The lowest BCUT2D eigenvalue weighted by molar-refractivity contribution is -0.203. The zero-order valence-electron chi connectivity index (χ0n) is 15.7. The zero-order chi connectivity index (χ0) is 18.1. The van der Waals surface area contributed by atoms with Crippen LogP contribution in [0.4, 0.5) is 0 Å². The number of likely N-dealkylation sites (N-methyl/N-ethyl adjacent to an activating group) is 1. The van der Waals surface area contributed by atoms with Gasteiger partial charge in [-0.1, -0.05) is 12.1 Å². The maximum absolute atomic E-state index is 12.2. The van der Waals surface area contributed by atoms with E-state index in [1.807, 2.05) is 12.1 Å². The molecule has 142 valence electrons. The van der Waals surface area contributed by atoms with Crippen molar-refractivity contribution in [2.75, 3.05) is 46.9 Å². The molecule has 1 saturated carbocycles. The fourth-order valence-corrected chi connectivity index (χ4v) is 4.22. The second kappa shape index (κ2) is 7.18. The van der Waals surface area contributed by atoms with Crippen molar-refractivity contribution in [3.05, 3.63) is 29.8 Å². The maximum Gasteiger partial charge on any atom is 0.239 e. The van der Waals surface area contributed by atoms with Gasteiger partial charge in [-0.05, 0) is 36.5 Å². The summed E-state index contributed by atoms with van der Waals surface area (Å²) in [5.74, 6) is 1.74. The van der Waals surface area contributed by atoms with Crippen LogP contribution in [-0.2, 0) is 16.1 Å². The molecule has 4 rings (SSSR count). The number of nitrogens with one attached hydrogen (secondary N) is 1. The fourth-order valence-electron chi connectivity index (χ4n) is 4.22. The summed E-state index contributed by atoms with van der Waals surface area (Å²) in [5.41, 5.74) is 1.14. The Labute approximate surface area is 155 Å². The van der Waals surface area contributed by atoms with Gasteiger partial charge in [-0.3, -0.25) is 14.6 Å². The monoisotopic (exact) mass is 359 g/mol. The molecule has 6 heteroatoms. The number of rotatable bonds is 6. The normalized spacial score (nSPS) is 25.7. The number of ether oxygens (including phenoxy) is 2. The first kappa shape index (κ1) is 17.8. The van der Waals surface area contributed by atoms with Crippen LogP contribution >= 0.6 is 0 Å². The molecule has 2 saturated heterocycles. The number of nitrogens with zero attached hydrogens (tertiary/aromatic N) is 2. The Bertz CT molecular complexity index is 655. The number of morpholine rings is 1. The number of methoxy groups -OCH3 is 1. The summed E-state index contributed by atoms with van der Waals surface area (Å²) in [5, 5.41) is 2.79. The summed E-state index contributed by atoms with van der Waals surface area (Å²) in [4.78, 5) is 17.0. The van der Waals surface area contributed by atoms with E-state index in [4.69, 9.17) is 9.47 Å². The van der Waals surface area contributed by atoms with E-state index >= 15 is 0 Å². The predicted molar refractivity (Wildman–Crippen MR) is 99.1 cm³/mol. The Morgan fingerprint density at radius 1 is 1.35 bits per heavy atom. The van der Waals surface area contributed by atoms with Gasteiger partial charge in [0, 0.05) is 39.8 Å². The van der Waals surface area contributed by atoms with E-state index in [0.29, 0.717) is 6.61 Å². The van der Waals surface area contributed by atoms with Crippen LogP contribution < -0.4 is 10.1 Å². The number of amides is 1. The van der Waals surface area contributed by atoms with E-state index in [-0.39, 0.29) is 17.6 Å². The van der Waals surface area contributed by atoms with Crippen molar-refractivity contribution < 1.29 is 14.3 Å². The summed E-state index contributed by atoms with van der Waals surface area (Å²) in [6.45, 7) is 5.14. The molecule has 3 aliphatic rings. The van der Waals surface area contributed by atoms with Gasteiger partial charge in [0.05, 0.1) is 13.7 Å². The number of carbonyl (C=O) groups is 1. The minimum absolute atomic E-state index is 0.0769. The van der Waals surface area contributed by atoms with Crippen molar-refractivity contribution in [2.24, 2.45) is 5.92 Å². The van der Waals surface area contributed by atoms with E-state index in [0.717, 1.165) is 44.4 Å². The minimum atomic E-state index is -0.140. The average molecular weight is 359 g/mol. The molecule has 0 bridgehead atoms. The van der Waals surface area contributed by atoms with Crippen molar-refractivity contribution in [3.8, 4) is 5.75 Å². The highest BCUT2D eigenvalue weighted by atomic mass is 16.5. The molecule has 1 aromatic carbocycles. The molecular formula is C20H29N3O3. The molecule has 0 unspecified atom stereocenters. The third-order valence-electron chi connectivity index (χ3n) is 5.78. The smallest absolute Gasteiger partial charge is 0.239 e. The molecule has 1 amide bonds. The van der Waals surface area contributed by atoms with E-state index in [1.165, 1.54) is 18.4 Å². The lowest BCUT2D eigenvalue weighted by atomic mass is 9.89. The quantitative estimate of drug-likeness (QED) is 0.825. The molecule has 2 aliphatic heterocycles. The van der Waals surface area contributed by atoms with Crippen molar-refractivity contribution in [2.45, 2.75) is 31.0 Å². The highest BCUT2D eigenvalue weighted by Crippen LogP contribution is 2.36. The van der Waals surface area contributed by atoms with Gasteiger partial charge in [0.25, 0.3) is 0 Å². The summed E-state index contributed by atoms with van der Waals surface area (Å²) in [7, 11) is 3.41. The largest absolute Gasteiger partial charge is 0.497 e. The van der Waals surface area contributed by atoms with Gasteiger partial charge < -0.3 is 14.8 Å². The van der Waals surface area contributed by atoms with Crippen molar-refractivity contribution in [3.63, 3.8) is 0 Å². The van der Waals surface area contributed by atoms with Crippen LogP contribution in [0, 0.1) is 5.92 Å². The van der Waals surface area contributed by atoms with E-state index < -0.39 is 0 Å². The van der Waals surface area contributed by atoms with Gasteiger partial charge in [-0.15, -0.1) is 0 Å². The van der Waals surface area contributed by atoms with Gasteiger partial charge in [0.15, 0.2) is 0 Å². The van der Waals surface area contributed by atoms with Gasteiger partial charge in [-0.2, -0.15) is 0 Å². The molecule has 1 aliphatic carbocycles. The Hall–Kier alpha value is -1.63. The second-order valence-corrected chi connectivity index (χ2v) is 7.99. The Morgan fingerprint density at radius 3 is 2.85 bits per heavy atom. The Balaban J connectivity index is 1.35. The van der Waals surface area contributed by atoms with Crippen molar-refractivity contribution in [1.82, 2.24) is 15.1 Å². The third kappa shape index (κ3) is 3.72. The first-order valence-electron chi connectivity index (χ1n) is 9.56. The molecule has 1 spiro atoms. The van der Waals surface area contributed by atoms with Crippen molar-refractivity contribution in [1.29, 1.82) is 0 Å². The predicted octanol–water partition coefficient (Wildman–Crippen LogP) is 1.11. The van der Waals surface area contributed by atoms with E-state index in [1.54, 1.807) is 14.2 Å². The van der Waals surface area contributed by atoms with Gasteiger partial charge in [0.2, 0.25) is 5.91 Å². The standard InChI is InChI=1S/C20H29N3O3/c1-21-19(24)18-11-26-20(14-23(18)10-15-6-7-15)12-22(13-20)9-16-4-3-5-17(8-16)25-2/h3-5,8,15,18H,6-7,9-14H2,1-2H3,(H,21,24)/t18-/m1/s1. The number of benzene rings is 1. The van der Waals surface area contributed by atoms with Crippen LogP contribution in [-0.4, -0.2) is 74.3 Å². The molecule has 2 heterocycles. The molecule has 1 N–H and O–H groups in total. The molecule has 6 nitrogen and oxygen atoms in total. The first-order valence-corrected chi connectivity index (χ1v) is 9.56. The van der Waals surface area contributed by atoms with E-state index in [2.05, 4.69) is 27.2 Å². The van der Waals surface area contributed by atoms with Crippen LogP contribution in [0.25, 0.3) is 0 Å². The SMILES string of the molecule is CNC(=O)[C@H]1COC2(CN(Cc3cccc(OC)c3)C2)CN1CC1CC1. The molecule has 1 aromatic rings. The zero-order valence-corrected chi connectivity index (χ0v) is 15.7. The summed E-state index contributed by atoms with van der Waals surface area (Å²) in [6, 6.07) is 8.09. The molecule has 26 heavy (non-hydrogen) atoms. The summed E-state index contributed by atoms with van der Waals surface area (Å²) >= 11 is 0. The number of carbonyl (C=O) groups excluding carboxylic acids is 1. The van der Waals surface area contributed by atoms with Crippen LogP contribution in [0.15, 0.2) is 24.3 Å². The topological polar surface area (TPSA) is 54.0 Å². The average Bonchev–Trinajstić information content (AvgIpc) is 3.44. The molecule has 3 fully saturated rings. The molecule has 0 aromatic heterocycles. The molecule has 1 atom stereocenters. The van der Waals surface area contributed by atoms with Crippen LogP contribution in [0.1, 0.15) is 18.4 Å². The summed E-state index contributed by atoms with van der Waals surface area (Å²) in [6.07, 6.45) is 2.60. The highest BCUT2D eigenvalue weighted by molar-refractivity contribution is 5.81. The minimum Gasteiger partial charge on any atom is -0.497 e. The van der Waals surface area contributed by atoms with Gasteiger partial charge in [0.1, 0.15) is 17.4 Å². The lowest BCUT2D eigenvalue weighted by Gasteiger charge is -2.55. The summed E-state index contributed by atoms with van der Waals surface area (Å²) < 4.78 is 11.5. The molecule has 0 radical (unpaired) electrons. The Kier molecular flexibility index (Phi) is 4.90. The van der Waals surface area contributed by atoms with Gasteiger partial charge >= 0.3 is 0 Å². The molecular weight excluding hydrogens is 330 g/mol. The third-order valence-corrected chi connectivity index (χ3v) is 5.78. The fraction of sp³-hybridized carbons (Fsp3) is 0.650.